The van der Waals surface area contributed by atoms with Crippen LogP contribution in [0.3, 0.4) is 0 Å². The van der Waals surface area contributed by atoms with E-state index in [1.54, 1.807) is 12.1 Å². The van der Waals surface area contributed by atoms with Gasteiger partial charge in [-0.3, -0.25) is 14.2 Å². The van der Waals surface area contributed by atoms with Crippen molar-refractivity contribution in [2.24, 2.45) is 0 Å². The summed E-state index contributed by atoms with van der Waals surface area (Å²) in [5.74, 6) is -0.593. The van der Waals surface area contributed by atoms with Crippen LogP contribution in [0.1, 0.15) is 18.6 Å². The molecule has 0 spiro atoms. The number of aromatic nitrogens is 1. The van der Waals surface area contributed by atoms with Crippen LogP contribution in [0.15, 0.2) is 22.8 Å². The van der Waals surface area contributed by atoms with Gasteiger partial charge in [-0.2, -0.15) is 0 Å². The Morgan fingerprint density at radius 3 is 2.59 bits per heavy atom. The lowest BCUT2D eigenvalue weighted by molar-refractivity contribution is -0.244. The number of amides is 1. The SMILES string of the molecule is CC(=O)NC1C(Oc2cn(C(C)=O)c3ccc(Br)c(Cl)c23)OC(CO)[C@@H](O)[C@@H]1O. The molecule has 29 heavy (non-hydrogen) atoms. The summed E-state index contributed by atoms with van der Waals surface area (Å²) < 4.78 is 13.4. The lowest BCUT2D eigenvalue weighted by atomic mass is 9.97. The van der Waals surface area contributed by atoms with Crippen LogP contribution in [0.2, 0.25) is 5.02 Å². The molecule has 4 N–H and O–H groups in total. The molecule has 0 radical (unpaired) electrons. The number of carbonyl (C=O) groups excluding carboxylic acids is 2. The first-order valence-electron chi connectivity index (χ1n) is 8.72. The van der Waals surface area contributed by atoms with Crippen molar-refractivity contribution in [3.05, 3.63) is 27.8 Å². The highest BCUT2D eigenvalue weighted by Crippen LogP contribution is 2.39. The second kappa shape index (κ2) is 8.58. The van der Waals surface area contributed by atoms with Crippen molar-refractivity contribution in [3.63, 3.8) is 0 Å². The minimum atomic E-state index is -1.46. The molecule has 9 nitrogen and oxygen atoms in total. The molecule has 158 valence electrons. The molecule has 2 aromatic rings. The van der Waals surface area contributed by atoms with Crippen molar-refractivity contribution in [3.8, 4) is 5.75 Å². The molecule has 0 bridgehead atoms. The van der Waals surface area contributed by atoms with Crippen molar-refractivity contribution >= 4 is 50.2 Å². The molecule has 5 atom stereocenters. The maximum absolute atomic E-state index is 12.0. The highest BCUT2D eigenvalue weighted by Gasteiger charge is 2.46. The molecular weight excluding hydrogens is 472 g/mol. The Labute approximate surface area is 179 Å². The fraction of sp³-hybridized carbons (Fsp3) is 0.444. The minimum Gasteiger partial charge on any atom is -0.460 e. The average Bonchev–Trinajstić information content (AvgIpc) is 3.03. The number of hydrogen-bond donors (Lipinski definition) is 4. The van der Waals surface area contributed by atoms with Gasteiger partial charge in [0.15, 0.2) is 5.75 Å². The number of nitrogens with one attached hydrogen (secondary N) is 1. The van der Waals surface area contributed by atoms with E-state index in [1.807, 2.05) is 0 Å². The molecule has 2 heterocycles. The van der Waals surface area contributed by atoms with Gasteiger partial charge in [-0.05, 0) is 28.1 Å². The molecule has 1 aliphatic heterocycles. The van der Waals surface area contributed by atoms with E-state index in [4.69, 9.17) is 21.1 Å². The van der Waals surface area contributed by atoms with Crippen LogP contribution in [0.25, 0.3) is 10.9 Å². The van der Waals surface area contributed by atoms with Gasteiger partial charge in [-0.15, -0.1) is 0 Å². The van der Waals surface area contributed by atoms with E-state index in [-0.39, 0.29) is 11.7 Å². The number of carbonyl (C=O) groups is 2. The van der Waals surface area contributed by atoms with E-state index in [0.717, 1.165) is 0 Å². The summed E-state index contributed by atoms with van der Waals surface area (Å²) >= 11 is 9.73. The Kier molecular flexibility index (Phi) is 6.51. The first-order chi connectivity index (χ1) is 13.6. The molecule has 3 rings (SSSR count). The molecule has 0 aliphatic carbocycles. The van der Waals surface area contributed by atoms with Gasteiger partial charge in [0.1, 0.15) is 24.4 Å². The number of nitrogens with zero attached hydrogens (tertiary/aromatic N) is 1. The van der Waals surface area contributed by atoms with Crippen molar-refractivity contribution in [1.82, 2.24) is 9.88 Å². The number of benzene rings is 1. The zero-order chi connectivity index (χ0) is 21.5. The van der Waals surface area contributed by atoms with E-state index < -0.39 is 43.2 Å². The monoisotopic (exact) mass is 490 g/mol. The first-order valence-corrected chi connectivity index (χ1v) is 9.89. The Hall–Kier alpha value is -1.69. The lowest BCUT2D eigenvalue weighted by Gasteiger charge is -2.42. The van der Waals surface area contributed by atoms with Gasteiger partial charge < -0.3 is 30.1 Å². The average molecular weight is 492 g/mol. The molecule has 0 saturated carbocycles. The first kappa shape index (κ1) is 22.0. The maximum atomic E-state index is 12.0. The molecular formula is C18H20BrClN2O7. The third-order valence-electron chi connectivity index (χ3n) is 4.66. The summed E-state index contributed by atoms with van der Waals surface area (Å²) in [5, 5.41) is 33.2. The number of ether oxygens (including phenoxy) is 2. The smallest absolute Gasteiger partial charge is 0.228 e. The molecule has 1 saturated heterocycles. The highest BCUT2D eigenvalue weighted by atomic mass is 79.9. The van der Waals surface area contributed by atoms with Crippen molar-refractivity contribution in [2.45, 2.75) is 44.5 Å². The number of rotatable bonds is 4. The normalized spacial score (nSPS) is 27.1. The predicted octanol–water partition coefficient (Wildman–Crippen LogP) is 1.04. The highest BCUT2D eigenvalue weighted by molar-refractivity contribution is 9.10. The summed E-state index contributed by atoms with van der Waals surface area (Å²) in [5.41, 5.74) is 0.492. The second-order valence-electron chi connectivity index (χ2n) is 6.69. The number of halogens is 2. The van der Waals surface area contributed by atoms with Gasteiger partial charge in [0.05, 0.1) is 28.7 Å². The fourth-order valence-corrected chi connectivity index (χ4v) is 3.86. The van der Waals surface area contributed by atoms with Crippen molar-refractivity contribution < 1.29 is 34.4 Å². The van der Waals surface area contributed by atoms with Crippen LogP contribution in [0, 0.1) is 0 Å². The summed E-state index contributed by atoms with van der Waals surface area (Å²) in [7, 11) is 0. The Balaban J connectivity index is 2.06. The standard InChI is InChI=1S/C18H20BrClN2O7/c1-7(24)21-15-17(27)16(26)12(6-23)29-18(15)28-11-5-22(8(2)25)10-4-3-9(19)14(20)13(10)11/h3-5,12,15-18,23,26-27H,6H2,1-2H3,(H,21,24)/t12?,15?,16-,17-,18?/m1/s1. The van der Waals surface area contributed by atoms with Gasteiger partial charge in [0.2, 0.25) is 18.1 Å². The van der Waals surface area contributed by atoms with Crippen LogP contribution in [0.5, 0.6) is 5.75 Å². The summed E-state index contributed by atoms with van der Waals surface area (Å²) in [6, 6.07) is 2.24. The zero-order valence-electron chi connectivity index (χ0n) is 15.5. The Bertz CT molecular complexity index is 950. The van der Waals surface area contributed by atoms with Gasteiger partial charge >= 0.3 is 0 Å². The van der Waals surface area contributed by atoms with E-state index in [0.29, 0.717) is 20.4 Å². The van der Waals surface area contributed by atoms with Crippen LogP contribution >= 0.6 is 27.5 Å². The molecule has 11 heteroatoms. The molecule has 1 aromatic carbocycles. The largest absolute Gasteiger partial charge is 0.460 e. The summed E-state index contributed by atoms with van der Waals surface area (Å²) in [6.07, 6.45) is -3.88. The quantitative estimate of drug-likeness (QED) is 0.503. The van der Waals surface area contributed by atoms with Gasteiger partial charge in [-0.1, -0.05) is 11.6 Å². The summed E-state index contributed by atoms with van der Waals surface area (Å²) in [4.78, 5) is 23.6. The van der Waals surface area contributed by atoms with E-state index in [2.05, 4.69) is 21.2 Å². The molecule has 1 aromatic heterocycles. The molecule has 1 aliphatic rings. The van der Waals surface area contributed by atoms with Crippen LogP contribution in [-0.4, -0.2) is 69.0 Å². The molecule has 1 amide bonds. The molecule has 1 fully saturated rings. The third-order valence-corrected chi connectivity index (χ3v) is 5.94. The maximum Gasteiger partial charge on any atom is 0.228 e. The topological polar surface area (TPSA) is 130 Å². The Morgan fingerprint density at radius 2 is 2.00 bits per heavy atom. The number of aliphatic hydroxyl groups is 3. The van der Waals surface area contributed by atoms with Crippen molar-refractivity contribution in [1.29, 1.82) is 0 Å². The lowest BCUT2D eigenvalue weighted by Crippen LogP contribution is -2.65. The van der Waals surface area contributed by atoms with Crippen LogP contribution in [-0.2, 0) is 9.53 Å². The fourth-order valence-electron chi connectivity index (χ4n) is 3.27. The van der Waals surface area contributed by atoms with E-state index >= 15 is 0 Å². The number of aliphatic hydroxyl groups excluding tert-OH is 3. The minimum absolute atomic E-state index is 0.169. The van der Waals surface area contributed by atoms with Crippen LogP contribution in [0.4, 0.5) is 0 Å². The Morgan fingerprint density at radius 1 is 1.31 bits per heavy atom. The van der Waals surface area contributed by atoms with Gasteiger partial charge in [0, 0.05) is 18.3 Å². The van der Waals surface area contributed by atoms with Crippen molar-refractivity contribution in [2.75, 3.05) is 6.61 Å². The van der Waals surface area contributed by atoms with E-state index in [1.165, 1.54) is 24.6 Å². The predicted molar refractivity (Wildman–Crippen MR) is 107 cm³/mol. The number of hydrogen-bond acceptors (Lipinski definition) is 7. The van der Waals surface area contributed by atoms with Gasteiger partial charge in [0.25, 0.3) is 0 Å². The second-order valence-corrected chi connectivity index (χ2v) is 7.92. The summed E-state index contributed by atoms with van der Waals surface area (Å²) in [6.45, 7) is 2.04. The van der Waals surface area contributed by atoms with Gasteiger partial charge in [-0.25, -0.2) is 0 Å². The third kappa shape index (κ3) is 4.14. The van der Waals surface area contributed by atoms with Crippen LogP contribution < -0.4 is 10.1 Å². The zero-order valence-corrected chi connectivity index (χ0v) is 17.8. The van der Waals surface area contributed by atoms with E-state index in [9.17, 15) is 24.9 Å². The number of fused-ring (bicyclic) bond motifs is 1. The molecule has 3 unspecified atom stereocenters.